The Balaban J connectivity index is 2.00. The number of likely N-dealkylation sites (N-methyl/N-ethyl adjacent to an activating group) is 1. The molecule has 2 aromatic rings. The van der Waals surface area contributed by atoms with Crippen molar-refractivity contribution in [2.24, 2.45) is 5.92 Å². The van der Waals surface area contributed by atoms with Gasteiger partial charge in [-0.05, 0) is 63.7 Å². The average Bonchev–Trinajstić information content (AvgIpc) is 2.79. The van der Waals surface area contributed by atoms with Gasteiger partial charge < -0.3 is 14.9 Å². The maximum absolute atomic E-state index is 13.6. The highest BCUT2D eigenvalue weighted by atomic mass is 32.2. The van der Waals surface area contributed by atoms with Crippen LogP contribution < -0.4 is 4.74 Å². The van der Waals surface area contributed by atoms with Crippen LogP contribution in [-0.4, -0.2) is 77.3 Å². The standard InChI is InChI=1S/C26H35N3O5S/c1-19-15-29(20(2)18-30)35(32,33)25-7-6-21(8-11-26(3,4)31)14-23(25)34-24(19)17-28(5)16-22-9-12-27-13-10-22/h6-7,9-10,12-14,19-20,24,30-31H,15-18H2,1-5H3/t19-,20-,24-/m0/s1. The molecule has 0 bridgehead atoms. The molecule has 1 aliphatic heterocycles. The highest BCUT2D eigenvalue weighted by Gasteiger charge is 2.38. The van der Waals surface area contributed by atoms with Crippen molar-refractivity contribution in [3.05, 3.63) is 53.9 Å². The van der Waals surface area contributed by atoms with Gasteiger partial charge in [-0.25, -0.2) is 8.42 Å². The Bertz CT molecular complexity index is 1170. The first-order valence-corrected chi connectivity index (χ1v) is 13.1. The highest BCUT2D eigenvalue weighted by Crippen LogP contribution is 2.34. The zero-order chi connectivity index (χ0) is 25.8. The van der Waals surface area contributed by atoms with Crippen LogP contribution in [0.15, 0.2) is 47.6 Å². The highest BCUT2D eigenvalue weighted by molar-refractivity contribution is 7.89. The smallest absolute Gasteiger partial charge is 0.247 e. The molecular weight excluding hydrogens is 466 g/mol. The molecule has 0 spiro atoms. The van der Waals surface area contributed by atoms with Gasteiger partial charge >= 0.3 is 0 Å². The van der Waals surface area contributed by atoms with Gasteiger partial charge in [0.25, 0.3) is 0 Å². The van der Waals surface area contributed by atoms with Gasteiger partial charge in [-0.15, -0.1) is 0 Å². The van der Waals surface area contributed by atoms with Crippen LogP contribution >= 0.6 is 0 Å². The van der Waals surface area contributed by atoms with Crippen molar-refractivity contribution in [2.45, 2.75) is 56.9 Å². The maximum atomic E-state index is 13.6. The lowest BCUT2D eigenvalue weighted by Gasteiger charge is -2.37. The molecular formula is C26H35N3O5S. The van der Waals surface area contributed by atoms with Crippen molar-refractivity contribution < 1.29 is 23.4 Å². The molecule has 0 radical (unpaired) electrons. The van der Waals surface area contributed by atoms with Crippen molar-refractivity contribution in [1.29, 1.82) is 0 Å². The quantitative estimate of drug-likeness (QED) is 0.585. The molecule has 0 saturated heterocycles. The summed E-state index contributed by atoms with van der Waals surface area (Å²) in [5.74, 6) is 5.72. The number of hydrogen-bond donors (Lipinski definition) is 2. The van der Waals surface area contributed by atoms with Crippen LogP contribution in [0.25, 0.3) is 0 Å². The van der Waals surface area contributed by atoms with Crippen LogP contribution in [-0.2, 0) is 16.6 Å². The number of benzene rings is 1. The lowest BCUT2D eigenvalue weighted by Crippen LogP contribution is -2.49. The second-order valence-corrected chi connectivity index (χ2v) is 11.6. The summed E-state index contributed by atoms with van der Waals surface area (Å²) in [4.78, 5) is 6.23. The molecule has 3 atom stereocenters. The minimum absolute atomic E-state index is 0.0419. The van der Waals surface area contributed by atoms with Gasteiger partial charge in [0.05, 0.1) is 6.61 Å². The summed E-state index contributed by atoms with van der Waals surface area (Å²) in [6.07, 6.45) is 3.19. The molecule has 8 nitrogen and oxygen atoms in total. The van der Waals surface area contributed by atoms with Crippen molar-refractivity contribution in [2.75, 3.05) is 26.7 Å². The number of pyridine rings is 1. The second kappa shape index (κ2) is 11.1. The van der Waals surface area contributed by atoms with E-state index in [-0.39, 0.29) is 35.8 Å². The van der Waals surface area contributed by atoms with Crippen LogP contribution in [0.3, 0.4) is 0 Å². The molecule has 2 N–H and O–H groups in total. The minimum atomic E-state index is -3.92. The predicted molar refractivity (Wildman–Crippen MR) is 134 cm³/mol. The first-order valence-electron chi connectivity index (χ1n) is 11.7. The number of aromatic nitrogens is 1. The molecule has 35 heavy (non-hydrogen) atoms. The summed E-state index contributed by atoms with van der Waals surface area (Å²) in [5, 5.41) is 19.8. The van der Waals surface area contributed by atoms with E-state index in [0.29, 0.717) is 18.7 Å². The monoisotopic (exact) mass is 501 g/mol. The van der Waals surface area contributed by atoms with Gasteiger partial charge in [-0.2, -0.15) is 4.31 Å². The third kappa shape index (κ3) is 7.03. The number of fused-ring (bicyclic) bond motifs is 1. The molecule has 0 fully saturated rings. The Hall–Kier alpha value is -2.48. The zero-order valence-corrected chi connectivity index (χ0v) is 21.8. The van der Waals surface area contributed by atoms with Gasteiger partial charge in [0.1, 0.15) is 22.4 Å². The molecule has 190 valence electrons. The Morgan fingerprint density at radius 3 is 2.60 bits per heavy atom. The molecule has 9 heteroatoms. The molecule has 1 aliphatic rings. The Morgan fingerprint density at radius 1 is 1.29 bits per heavy atom. The molecule has 1 aromatic carbocycles. The second-order valence-electron chi connectivity index (χ2n) is 9.76. The summed E-state index contributed by atoms with van der Waals surface area (Å²) in [6.45, 7) is 8.00. The average molecular weight is 502 g/mol. The lowest BCUT2D eigenvalue weighted by molar-refractivity contribution is 0.0733. The number of sulfonamides is 1. The van der Waals surface area contributed by atoms with Crippen molar-refractivity contribution in [3.8, 4) is 17.6 Å². The van der Waals surface area contributed by atoms with E-state index in [1.54, 1.807) is 45.3 Å². The SMILES string of the molecule is C[C@H]1CN([C@@H](C)CO)S(=O)(=O)c2ccc(C#CC(C)(C)O)cc2O[C@H]1CN(C)Cc1ccncc1. The van der Waals surface area contributed by atoms with Gasteiger partial charge in [-0.1, -0.05) is 18.8 Å². The zero-order valence-electron chi connectivity index (χ0n) is 21.0. The lowest BCUT2D eigenvalue weighted by atomic mass is 10.0. The summed E-state index contributed by atoms with van der Waals surface area (Å²) in [6, 6.07) is 8.04. The summed E-state index contributed by atoms with van der Waals surface area (Å²) >= 11 is 0. The van der Waals surface area contributed by atoms with Crippen LogP contribution in [0.1, 0.15) is 38.8 Å². The number of ether oxygens (including phenoxy) is 1. The van der Waals surface area contributed by atoms with Crippen LogP contribution in [0, 0.1) is 17.8 Å². The van der Waals surface area contributed by atoms with Crippen LogP contribution in [0.5, 0.6) is 5.75 Å². The van der Waals surface area contributed by atoms with Gasteiger partial charge in [0, 0.05) is 49.6 Å². The Morgan fingerprint density at radius 2 is 1.97 bits per heavy atom. The van der Waals surface area contributed by atoms with Crippen molar-refractivity contribution in [1.82, 2.24) is 14.2 Å². The fourth-order valence-corrected chi connectivity index (χ4v) is 5.74. The minimum Gasteiger partial charge on any atom is -0.487 e. The number of rotatable bonds is 6. The molecule has 0 saturated carbocycles. The number of nitrogens with zero attached hydrogens (tertiary/aromatic N) is 3. The Labute approximate surface area is 208 Å². The number of aliphatic hydroxyl groups excluding tert-OH is 1. The van der Waals surface area contributed by atoms with Crippen molar-refractivity contribution >= 4 is 10.0 Å². The molecule has 2 heterocycles. The molecule has 0 unspecified atom stereocenters. The number of hydrogen-bond acceptors (Lipinski definition) is 7. The summed E-state index contributed by atoms with van der Waals surface area (Å²) < 4.78 is 34.9. The fraction of sp³-hybridized carbons (Fsp3) is 0.500. The largest absolute Gasteiger partial charge is 0.487 e. The molecule has 1 aromatic heterocycles. The van der Waals surface area contributed by atoms with E-state index in [9.17, 15) is 18.6 Å². The van der Waals surface area contributed by atoms with E-state index in [1.165, 1.54) is 10.4 Å². The third-order valence-corrected chi connectivity index (χ3v) is 7.89. The first kappa shape index (κ1) is 27.1. The summed E-state index contributed by atoms with van der Waals surface area (Å²) in [7, 11) is -1.92. The fourth-order valence-electron chi connectivity index (χ4n) is 3.92. The van der Waals surface area contributed by atoms with E-state index in [2.05, 4.69) is 21.7 Å². The van der Waals surface area contributed by atoms with Crippen LogP contribution in [0.4, 0.5) is 0 Å². The third-order valence-electron chi connectivity index (χ3n) is 5.87. The van der Waals surface area contributed by atoms with E-state index in [1.807, 2.05) is 26.1 Å². The molecule has 3 rings (SSSR count). The summed E-state index contributed by atoms with van der Waals surface area (Å²) in [5.41, 5.74) is 0.473. The van der Waals surface area contributed by atoms with Crippen LogP contribution in [0.2, 0.25) is 0 Å². The normalized spacial score (nSPS) is 21.1. The predicted octanol–water partition coefficient (Wildman–Crippen LogP) is 2.10. The molecule has 0 amide bonds. The topological polar surface area (TPSA) is 103 Å². The van der Waals surface area contributed by atoms with Gasteiger partial charge in [-0.3, -0.25) is 9.88 Å². The van der Waals surface area contributed by atoms with Gasteiger partial charge in [0.2, 0.25) is 10.0 Å². The van der Waals surface area contributed by atoms with E-state index in [0.717, 1.165) is 5.56 Å². The van der Waals surface area contributed by atoms with E-state index >= 15 is 0 Å². The molecule has 0 aliphatic carbocycles. The van der Waals surface area contributed by atoms with E-state index in [4.69, 9.17) is 4.74 Å². The maximum Gasteiger partial charge on any atom is 0.247 e. The Kier molecular flexibility index (Phi) is 8.57. The van der Waals surface area contributed by atoms with Crippen molar-refractivity contribution in [3.63, 3.8) is 0 Å². The first-order chi connectivity index (χ1) is 16.4. The van der Waals surface area contributed by atoms with Gasteiger partial charge in [0.15, 0.2) is 0 Å². The number of aliphatic hydroxyl groups is 2. The van der Waals surface area contributed by atoms with E-state index < -0.39 is 21.7 Å².